The largest absolute Gasteiger partial charge is 0.366 e. The highest BCUT2D eigenvalue weighted by molar-refractivity contribution is 6.30. The van der Waals surface area contributed by atoms with Crippen molar-refractivity contribution in [1.29, 1.82) is 0 Å². The van der Waals surface area contributed by atoms with E-state index in [1.54, 1.807) is 6.07 Å². The van der Waals surface area contributed by atoms with Crippen LogP contribution in [0.25, 0.3) is 32.9 Å². The number of aromatic nitrogens is 1. The van der Waals surface area contributed by atoms with Crippen molar-refractivity contribution in [3.05, 3.63) is 101 Å². The number of nitrogens with two attached hydrogens (primary N) is 1. The van der Waals surface area contributed by atoms with Crippen LogP contribution in [0.15, 0.2) is 84.9 Å². The number of primary amides is 1. The summed E-state index contributed by atoms with van der Waals surface area (Å²) < 4.78 is 2.18. The normalized spacial score (nSPS) is 11.1. The first-order valence-corrected chi connectivity index (χ1v) is 11.3. The molecule has 0 aliphatic rings. The molecule has 5 rings (SSSR count). The number of carbonyl (C=O) groups excluding carboxylic acids is 2. The summed E-state index contributed by atoms with van der Waals surface area (Å²) in [4.78, 5) is 23.8. The van der Waals surface area contributed by atoms with E-state index in [9.17, 15) is 9.59 Å². The Kier molecular flexibility index (Phi) is 5.56. The second kappa shape index (κ2) is 8.69. The van der Waals surface area contributed by atoms with Crippen molar-refractivity contribution in [3.63, 3.8) is 0 Å². The van der Waals surface area contributed by atoms with Crippen LogP contribution in [0.1, 0.15) is 22.8 Å². The molecule has 0 saturated heterocycles. The molecule has 0 unspecified atom stereocenters. The summed E-state index contributed by atoms with van der Waals surface area (Å²) in [5.74, 6) is -0.577. The van der Waals surface area contributed by atoms with Crippen LogP contribution in [0.2, 0.25) is 5.02 Å². The molecule has 3 N–H and O–H groups in total. The molecule has 6 heteroatoms. The Bertz CT molecular complexity index is 1570. The molecule has 34 heavy (non-hydrogen) atoms. The van der Waals surface area contributed by atoms with Gasteiger partial charge in [0.1, 0.15) is 0 Å². The Morgan fingerprint density at radius 1 is 0.882 bits per heavy atom. The predicted octanol–water partition coefficient (Wildman–Crippen LogP) is 6.22. The van der Waals surface area contributed by atoms with Crippen LogP contribution in [-0.2, 0) is 11.3 Å². The summed E-state index contributed by atoms with van der Waals surface area (Å²) in [6.45, 7) is 2.04. The number of nitrogens with zero attached hydrogens (tertiary/aromatic N) is 1. The van der Waals surface area contributed by atoms with E-state index in [1.807, 2.05) is 72.8 Å². The molecule has 0 radical (unpaired) electrons. The van der Waals surface area contributed by atoms with Crippen molar-refractivity contribution in [2.45, 2.75) is 13.5 Å². The molecule has 2 amide bonds. The molecular formula is C28H22ClN3O2. The lowest BCUT2D eigenvalue weighted by Crippen LogP contribution is -2.11. The first-order chi connectivity index (χ1) is 16.4. The Morgan fingerprint density at radius 3 is 2.35 bits per heavy atom. The minimum absolute atomic E-state index is 0.118. The topological polar surface area (TPSA) is 77.1 Å². The van der Waals surface area contributed by atoms with Gasteiger partial charge in [0.25, 0.3) is 0 Å². The highest BCUT2D eigenvalue weighted by Gasteiger charge is 2.17. The average Bonchev–Trinajstić information content (AvgIpc) is 3.12. The maximum Gasteiger partial charge on any atom is 0.249 e. The number of anilines is 1. The van der Waals surface area contributed by atoms with Crippen LogP contribution in [-0.4, -0.2) is 16.4 Å². The lowest BCUT2D eigenvalue weighted by Gasteiger charge is -2.11. The van der Waals surface area contributed by atoms with Crippen LogP contribution in [0.3, 0.4) is 0 Å². The molecule has 0 saturated carbocycles. The molecule has 168 valence electrons. The molecule has 0 aliphatic carbocycles. The van der Waals surface area contributed by atoms with E-state index in [-0.39, 0.29) is 5.91 Å². The van der Waals surface area contributed by atoms with E-state index in [0.29, 0.717) is 17.1 Å². The summed E-state index contributed by atoms with van der Waals surface area (Å²) in [5.41, 5.74) is 12.0. The minimum Gasteiger partial charge on any atom is -0.366 e. The molecule has 5 aromatic rings. The average molecular weight is 468 g/mol. The first kappa shape index (κ1) is 21.7. The molecule has 4 aromatic carbocycles. The van der Waals surface area contributed by atoms with Crippen LogP contribution in [0.4, 0.5) is 5.69 Å². The zero-order chi connectivity index (χ0) is 23.8. The summed E-state index contributed by atoms with van der Waals surface area (Å²) in [6, 6.07) is 27.3. The van der Waals surface area contributed by atoms with Crippen molar-refractivity contribution in [2.75, 3.05) is 5.32 Å². The fraction of sp³-hybridized carbons (Fsp3) is 0.0714. The summed E-state index contributed by atoms with van der Waals surface area (Å²) in [7, 11) is 0. The van der Waals surface area contributed by atoms with E-state index in [2.05, 4.69) is 16.0 Å². The van der Waals surface area contributed by atoms with Gasteiger partial charge in [-0.05, 0) is 59.2 Å². The second-order valence-corrected chi connectivity index (χ2v) is 8.71. The lowest BCUT2D eigenvalue weighted by molar-refractivity contribution is -0.114. The third-order valence-corrected chi connectivity index (χ3v) is 6.17. The quantitative estimate of drug-likeness (QED) is 0.322. The van der Waals surface area contributed by atoms with Gasteiger partial charge in [-0.1, -0.05) is 54.1 Å². The third-order valence-electron chi connectivity index (χ3n) is 5.92. The fourth-order valence-electron chi connectivity index (χ4n) is 4.48. The van der Waals surface area contributed by atoms with Crippen molar-refractivity contribution in [2.24, 2.45) is 5.73 Å². The van der Waals surface area contributed by atoms with Gasteiger partial charge >= 0.3 is 0 Å². The van der Waals surface area contributed by atoms with Crippen LogP contribution < -0.4 is 11.1 Å². The number of rotatable bonds is 5. The molecule has 0 bridgehead atoms. The number of carbonyl (C=O) groups is 2. The molecule has 0 atom stereocenters. The molecule has 1 aromatic heterocycles. The molecule has 0 fully saturated rings. The third kappa shape index (κ3) is 4.02. The Balaban J connectivity index is 1.73. The number of benzene rings is 4. The summed E-state index contributed by atoms with van der Waals surface area (Å²) in [5, 5.41) is 5.32. The van der Waals surface area contributed by atoms with Gasteiger partial charge in [-0.15, -0.1) is 0 Å². The zero-order valence-corrected chi connectivity index (χ0v) is 19.3. The van der Waals surface area contributed by atoms with E-state index in [0.717, 1.165) is 44.2 Å². The van der Waals surface area contributed by atoms with Crippen molar-refractivity contribution in [1.82, 2.24) is 4.57 Å². The number of amides is 2. The summed E-state index contributed by atoms with van der Waals surface area (Å²) in [6.07, 6.45) is 0. The van der Waals surface area contributed by atoms with E-state index >= 15 is 0 Å². The van der Waals surface area contributed by atoms with Crippen molar-refractivity contribution < 1.29 is 9.59 Å². The maximum absolute atomic E-state index is 12.3. The molecule has 0 aliphatic heterocycles. The van der Waals surface area contributed by atoms with Crippen molar-refractivity contribution >= 4 is 50.9 Å². The number of hydrogen-bond acceptors (Lipinski definition) is 2. The van der Waals surface area contributed by atoms with Crippen LogP contribution in [0.5, 0.6) is 0 Å². The number of halogens is 1. The van der Waals surface area contributed by atoms with Gasteiger partial charge in [0, 0.05) is 40.5 Å². The first-order valence-electron chi connectivity index (χ1n) is 10.9. The monoisotopic (exact) mass is 467 g/mol. The predicted molar refractivity (Wildman–Crippen MR) is 138 cm³/mol. The number of hydrogen-bond donors (Lipinski definition) is 2. The maximum atomic E-state index is 12.3. The molecular weight excluding hydrogens is 446 g/mol. The van der Waals surface area contributed by atoms with Gasteiger partial charge in [-0.25, -0.2) is 0 Å². The van der Waals surface area contributed by atoms with Gasteiger partial charge < -0.3 is 15.6 Å². The summed E-state index contributed by atoms with van der Waals surface area (Å²) >= 11 is 6.08. The Hall–Kier alpha value is -4.09. The Morgan fingerprint density at radius 2 is 1.62 bits per heavy atom. The smallest absolute Gasteiger partial charge is 0.249 e. The van der Waals surface area contributed by atoms with Gasteiger partial charge in [0.15, 0.2) is 0 Å². The van der Waals surface area contributed by atoms with E-state index in [4.69, 9.17) is 17.3 Å². The van der Waals surface area contributed by atoms with Crippen LogP contribution in [0, 0.1) is 0 Å². The molecule has 0 spiro atoms. The standard InChI is InChI=1S/C28H22ClN3O2/c1-17(33)31-22-5-2-4-18(14-22)16-32-25-7-3-6-24(28(30)34)27(25)23-13-10-20(15-26(23)32)19-8-11-21(29)12-9-19/h2-15H,16H2,1H3,(H2,30,34)(H,31,33). The van der Waals surface area contributed by atoms with Gasteiger partial charge in [-0.2, -0.15) is 0 Å². The second-order valence-electron chi connectivity index (χ2n) is 8.27. The fourth-order valence-corrected chi connectivity index (χ4v) is 4.60. The number of nitrogens with one attached hydrogen (secondary N) is 1. The Labute approximate surface area is 201 Å². The van der Waals surface area contributed by atoms with Crippen LogP contribution >= 0.6 is 11.6 Å². The molecule has 5 nitrogen and oxygen atoms in total. The van der Waals surface area contributed by atoms with Gasteiger partial charge in [0.05, 0.1) is 11.0 Å². The zero-order valence-electron chi connectivity index (χ0n) is 18.5. The lowest BCUT2D eigenvalue weighted by atomic mass is 10.0. The SMILES string of the molecule is CC(=O)Nc1cccc(Cn2c3cc(-c4ccc(Cl)cc4)ccc3c3c(C(N)=O)cccc32)c1. The van der Waals surface area contributed by atoms with Gasteiger partial charge in [-0.3, -0.25) is 9.59 Å². The highest BCUT2D eigenvalue weighted by Crippen LogP contribution is 2.35. The minimum atomic E-state index is -0.459. The van der Waals surface area contributed by atoms with E-state index < -0.39 is 5.91 Å². The van der Waals surface area contributed by atoms with Gasteiger partial charge in [0.2, 0.25) is 11.8 Å². The van der Waals surface area contributed by atoms with Crippen molar-refractivity contribution in [3.8, 4) is 11.1 Å². The van der Waals surface area contributed by atoms with E-state index in [1.165, 1.54) is 6.92 Å². The highest BCUT2D eigenvalue weighted by atomic mass is 35.5. The molecule has 1 heterocycles. The number of fused-ring (bicyclic) bond motifs is 3.